The molecule has 0 saturated carbocycles. The molecule has 7 heteroatoms. The van der Waals surface area contributed by atoms with Crippen LogP contribution in [0.5, 0.6) is 0 Å². The van der Waals surface area contributed by atoms with Crippen molar-refractivity contribution in [1.82, 2.24) is 10.6 Å². The van der Waals surface area contributed by atoms with Gasteiger partial charge in [0, 0.05) is 12.8 Å². The molecule has 0 aliphatic carbocycles. The van der Waals surface area contributed by atoms with Gasteiger partial charge in [-0.05, 0) is 6.42 Å². The first kappa shape index (κ1) is 12.2. The fourth-order valence-electron chi connectivity index (χ4n) is 1.34. The van der Waals surface area contributed by atoms with Gasteiger partial charge >= 0.3 is 5.97 Å². The average molecular weight is 228 g/mol. The van der Waals surface area contributed by atoms with E-state index in [1.165, 1.54) is 0 Å². The standard InChI is InChI=1S/C9H12N2O5/c12-6(2-1-3-8(14)15)10-5-4-7(13)11-9(5)16/h5H,1-4H2,(H,10,12)(H,14,15)(H,11,13,16). The van der Waals surface area contributed by atoms with Crippen molar-refractivity contribution in [3.8, 4) is 0 Å². The zero-order valence-electron chi connectivity index (χ0n) is 8.49. The predicted molar refractivity (Wildman–Crippen MR) is 51.2 cm³/mol. The molecule has 0 bridgehead atoms. The highest BCUT2D eigenvalue weighted by atomic mass is 16.4. The van der Waals surface area contributed by atoms with Crippen LogP contribution in [0, 0.1) is 0 Å². The fourth-order valence-corrected chi connectivity index (χ4v) is 1.34. The Morgan fingerprint density at radius 2 is 2.06 bits per heavy atom. The smallest absolute Gasteiger partial charge is 0.303 e. The molecule has 1 atom stereocenters. The van der Waals surface area contributed by atoms with E-state index in [9.17, 15) is 19.2 Å². The van der Waals surface area contributed by atoms with Gasteiger partial charge in [-0.1, -0.05) is 0 Å². The first-order valence-electron chi connectivity index (χ1n) is 4.84. The van der Waals surface area contributed by atoms with Crippen molar-refractivity contribution >= 4 is 23.7 Å². The van der Waals surface area contributed by atoms with Gasteiger partial charge in [0.15, 0.2) is 0 Å². The van der Waals surface area contributed by atoms with E-state index < -0.39 is 29.7 Å². The van der Waals surface area contributed by atoms with Crippen LogP contribution in [0.3, 0.4) is 0 Å². The number of hydrogen-bond donors (Lipinski definition) is 3. The summed E-state index contributed by atoms with van der Waals surface area (Å²) < 4.78 is 0. The second-order valence-corrected chi connectivity index (χ2v) is 3.48. The summed E-state index contributed by atoms with van der Waals surface area (Å²) in [6.45, 7) is 0. The van der Waals surface area contributed by atoms with Gasteiger partial charge < -0.3 is 10.4 Å². The van der Waals surface area contributed by atoms with Crippen LogP contribution in [0.25, 0.3) is 0 Å². The minimum atomic E-state index is -0.971. The van der Waals surface area contributed by atoms with E-state index >= 15 is 0 Å². The molecule has 1 aliphatic heterocycles. The number of imide groups is 1. The molecule has 0 spiro atoms. The quantitative estimate of drug-likeness (QED) is 0.510. The molecule has 1 heterocycles. The zero-order chi connectivity index (χ0) is 12.1. The Morgan fingerprint density at radius 1 is 1.38 bits per heavy atom. The molecule has 0 radical (unpaired) electrons. The summed E-state index contributed by atoms with van der Waals surface area (Å²) >= 11 is 0. The van der Waals surface area contributed by atoms with Gasteiger partial charge in [0.05, 0.1) is 6.42 Å². The van der Waals surface area contributed by atoms with Crippen molar-refractivity contribution in [3.63, 3.8) is 0 Å². The lowest BCUT2D eigenvalue weighted by Crippen LogP contribution is -2.40. The molecule has 1 rings (SSSR count). The molecule has 0 aromatic carbocycles. The molecule has 16 heavy (non-hydrogen) atoms. The normalized spacial score (nSPS) is 19.4. The number of rotatable bonds is 5. The molecule has 1 saturated heterocycles. The molecule has 88 valence electrons. The molecule has 7 nitrogen and oxygen atoms in total. The van der Waals surface area contributed by atoms with Gasteiger partial charge in [0.2, 0.25) is 17.7 Å². The van der Waals surface area contributed by atoms with Crippen molar-refractivity contribution < 1.29 is 24.3 Å². The van der Waals surface area contributed by atoms with Gasteiger partial charge in [-0.25, -0.2) is 0 Å². The van der Waals surface area contributed by atoms with Crippen LogP contribution in [-0.4, -0.2) is 34.8 Å². The number of carboxylic acid groups (broad SMARTS) is 1. The topological polar surface area (TPSA) is 113 Å². The third kappa shape index (κ3) is 3.68. The average Bonchev–Trinajstić information content (AvgIpc) is 2.44. The summed E-state index contributed by atoms with van der Waals surface area (Å²) in [6, 6.07) is -0.815. The fraction of sp³-hybridized carbons (Fsp3) is 0.556. The molecule has 3 N–H and O–H groups in total. The largest absolute Gasteiger partial charge is 0.481 e. The summed E-state index contributed by atoms with van der Waals surface area (Å²) in [5.74, 6) is -2.32. The Morgan fingerprint density at radius 3 is 2.56 bits per heavy atom. The van der Waals surface area contributed by atoms with E-state index in [2.05, 4.69) is 10.6 Å². The van der Waals surface area contributed by atoms with E-state index in [0.29, 0.717) is 0 Å². The molecule has 1 unspecified atom stereocenters. The molecule has 0 aromatic rings. The maximum atomic E-state index is 11.2. The Hall–Kier alpha value is -1.92. The number of amides is 3. The van der Waals surface area contributed by atoms with Crippen molar-refractivity contribution in [2.75, 3.05) is 0 Å². The van der Waals surface area contributed by atoms with Crippen LogP contribution in [0.1, 0.15) is 25.7 Å². The first-order chi connectivity index (χ1) is 7.49. The lowest BCUT2D eigenvalue weighted by atomic mass is 10.2. The van der Waals surface area contributed by atoms with Gasteiger partial charge in [-0.3, -0.25) is 24.5 Å². The Balaban J connectivity index is 2.26. The Kier molecular flexibility index (Phi) is 3.98. The Labute approximate surface area is 91.2 Å². The molecular formula is C9H12N2O5. The monoisotopic (exact) mass is 228 g/mol. The van der Waals surface area contributed by atoms with Crippen LogP contribution in [0.2, 0.25) is 0 Å². The van der Waals surface area contributed by atoms with E-state index in [0.717, 1.165) is 0 Å². The number of hydrogen-bond acceptors (Lipinski definition) is 4. The second-order valence-electron chi connectivity index (χ2n) is 3.48. The minimum Gasteiger partial charge on any atom is -0.481 e. The highest BCUT2D eigenvalue weighted by Crippen LogP contribution is 2.03. The lowest BCUT2D eigenvalue weighted by molar-refractivity contribution is -0.137. The molecule has 1 fully saturated rings. The van der Waals surface area contributed by atoms with Gasteiger partial charge in [-0.2, -0.15) is 0 Å². The number of aliphatic carboxylic acids is 1. The summed E-state index contributed by atoms with van der Waals surface area (Å²) in [5.41, 5.74) is 0. The van der Waals surface area contributed by atoms with Crippen LogP contribution in [0.4, 0.5) is 0 Å². The van der Waals surface area contributed by atoms with E-state index in [1.807, 2.05) is 0 Å². The lowest BCUT2D eigenvalue weighted by Gasteiger charge is -2.08. The number of carboxylic acids is 1. The van der Waals surface area contributed by atoms with Gasteiger partial charge in [0.1, 0.15) is 6.04 Å². The number of carbonyl (C=O) groups is 4. The van der Waals surface area contributed by atoms with Crippen LogP contribution in [0.15, 0.2) is 0 Å². The SMILES string of the molecule is O=C(O)CCCC(=O)NC1CC(=O)NC1=O. The van der Waals surface area contributed by atoms with Crippen molar-refractivity contribution in [1.29, 1.82) is 0 Å². The van der Waals surface area contributed by atoms with Gasteiger partial charge in [0.25, 0.3) is 0 Å². The maximum Gasteiger partial charge on any atom is 0.303 e. The summed E-state index contributed by atoms with van der Waals surface area (Å²) in [4.78, 5) is 43.3. The van der Waals surface area contributed by atoms with E-state index in [4.69, 9.17) is 5.11 Å². The molecular weight excluding hydrogens is 216 g/mol. The highest BCUT2D eigenvalue weighted by molar-refractivity contribution is 6.06. The number of nitrogens with one attached hydrogen (secondary N) is 2. The van der Waals surface area contributed by atoms with Crippen molar-refractivity contribution in [2.45, 2.75) is 31.7 Å². The molecule has 1 aliphatic rings. The third-order valence-corrected chi connectivity index (χ3v) is 2.10. The van der Waals surface area contributed by atoms with Crippen LogP contribution in [-0.2, 0) is 19.2 Å². The summed E-state index contributed by atoms with van der Waals surface area (Å²) in [7, 11) is 0. The highest BCUT2D eigenvalue weighted by Gasteiger charge is 2.31. The van der Waals surface area contributed by atoms with Crippen LogP contribution >= 0.6 is 0 Å². The maximum absolute atomic E-state index is 11.2. The number of carbonyl (C=O) groups excluding carboxylic acids is 3. The first-order valence-corrected chi connectivity index (χ1v) is 4.84. The second kappa shape index (κ2) is 5.24. The van der Waals surface area contributed by atoms with Crippen molar-refractivity contribution in [2.24, 2.45) is 0 Å². The minimum absolute atomic E-state index is 0.0320. The Bertz CT molecular complexity index is 339. The van der Waals surface area contributed by atoms with Crippen molar-refractivity contribution in [3.05, 3.63) is 0 Å². The van der Waals surface area contributed by atoms with E-state index in [1.54, 1.807) is 0 Å². The van der Waals surface area contributed by atoms with Crippen LogP contribution < -0.4 is 10.6 Å². The molecule has 0 aromatic heterocycles. The summed E-state index contributed by atoms with van der Waals surface area (Å²) in [5, 5.41) is 12.8. The summed E-state index contributed by atoms with van der Waals surface area (Å²) in [6.07, 6.45) is 0.0977. The zero-order valence-corrected chi connectivity index (χ0v) is 8.49. The van der Waals surface area contributed by atoms with E-state index in [-0.39, 0.29) is 25.7 Å². The predicted octanol–water partition coefficient (Wildman–Crippen LogP) is -1.23. The third-order valence-electron chi connectivity index (χ3n) is 2.10. The van der Waals surface area contributed by atoms with Gasteiger partial charge in [-0.15, -0.1) is 0 Å². The molecule has 3 amide bonds.